The number of ether oxygens (including phenoxy) is 1. The number of aliphatic hydroxyl groups is 1. The van der Waals surface area contributed by atoms with E-state index in [0.29, 0.717) is 34.9 Å². The highest BCUT2D eigenvalue weighted by Gasteiger charge is 2.53. The average Bonchev–Trinajstić information content (AvgIpc) is 3.67. The number of H-pyrrole nitrogens is 1. The number of carbonyl (C=O) groups excluding carboxylic acids is 3. The Morgan fingerprint density at radius 1 is 0.974 bits per heavy atom. The van der Waals surface area contributed by atoms with E-state index in [9.17, 15) is 29.0 Å². The lowest BCUT2D eigenvalue weighted by Gasteiger charge is -2.41. The number of para-hydroxylation sites is 1. The van der Waals surface area contributed by atoms with E-state index in [1.54, 1.807) is 44.2 Å². The van der Waals surface area contributed by atoms with Crippen molar-refractivity contribution in [3.05, 3.63) is 94.5 Å². The number of halogens is 1. The van der Waals surface area contributed by atoms with Crippen LogP contribution in [0.15, 0.2) is 66.4 Å². The normalized spacial score (nSPS) is 23.3. The van der Waals surface area contributed by atoms with Crippen LogP contribution in [0.2, 0.25) is 0 Å². The van der Waals surface area contributed by atoms with Crippen LogP contribution >= 0.6 is 11.3 Å². The number of aromatic amines is 1. The van der Waals surface area contributed by atoms with Gasteiger partial charge in [-0.3, -0.25) is 14.4 Å². The van der Waals surface area contributed by atoms with Crippen molar-refractivity contribution in [2.24, 2.45) is 5.41 Å². The van der Waals surface area contributed by atoms with Crippen LogP contribution in [-0.2, 0) is 27.3 Å². The highest BCUT2D eigenvalue weighted by Crippen LogP contribution is 2.42. The summed E-state index contributed by atoms with van der Waals surface area (Å²) in [5.74, 6) is 0.188. The largest absolute Gasteiger partial charge is 0.507 e. The number of nitrogens with zero attached hydrogens (tertiary/aromatic N) is 8. The molecule has 2 saturated heterocycles. The number of hydrogen-bond donors (Lipinski definition) is 5. The molecule has 7 heterocycles. The van der Waals surface area contributed by atoms with Crippen LogP contribution in [0.25, 0.3) is 32.7 Å². The van der Waals surface area contributed by atoms with E-state index in [-0.39, 0.29) is 50.2 Å². The van der Waals surface area contributed by atoms with Crippen molar-refractivity contribution in [3.63, 3.8) is 0 Å². The first-order valence-corrected chi connectivity index (χ1v) is 27.8. The van der Waals surface area contributed by atoms with Crippen LogP contribution in [0.1, 0.15) is 126 Å². The smallest absolute Gasteiger partial charge is 0.258 e. The van der Waals surface area contributed by atoms with Gasteiger partial charge in [-0.15, -0.1) is 21.5 Å². The number of β-amino-alcohol motifs (C(OH)–C–C–N with tert-alkyl or cyclic N) is 1. The molecule has 5 aliphatic rings. The number of hydrogen-bond acceptors (Lipinski definition) is 14. The number of likely N-dealkylation sites (tertiary alicyclic amines) is 2. The molecule has 4 aromatic heterocycles. The zero-order valence-corrected chi connectivity index (χ0v) is 44.7. The Labute approximate surface area is 446 Å². The van der Waals surface area contributed by atoms with Crippen LogP contribution in [-0.4, -0.2) is 130 Å². The van der Waals surface area contributed by atoms with Crippen molar-refractivity contribution >= 4 is 46.0 Å². The number of aromatic nitrogens is 6. The van der Waals surface area contributed by atoms with Gasteiger partial charge < -0.3 is 45.3 Å². The lowest BCUT2D eigenvalue weighted by Crippen LogP contribution is -2.59. The minimum absolute atomic E-state index is 0.00311. The van der Waals surface area contributed by atoms with Crippen molar-refractivity contribution < 1.29 is 33.7 Å². The molecule has 6 aromatic rings. The number of rotatable bonds is 13. The second-order valence-electron chi connectivity index (χ2n) is 22.8. The Kier molecular flexibility index (Phi) is 14.1. The Hall–Kier alpha value is -6.57. The summed E-state index contributed by atoms with van der Waals surface area (Å²) in [6.45, 7) is 12.4. The molecule has 2 saturated carbocycles. The SMILES string of the molecule is Cc1ncsc1-c1ccc(CNC(=O)C2CC(O)CN2C(=O)[C@@H](NC(=O)C2(F)CC2)C(C)(C)C)c(OC2CCC(N3CCC(c4cnc(N5CCc6[nH]c7nnc(-c8ccccc8O)cc7c6[C@H]5C)nc4)CC3)CC2)c1. The van der Waals surface area contributed by atoms with E-state index in [4.69, 9.17) is 14.7 Å². The third-order valence-electron chi connectivity index (χ3n) is 16.6. The minimum Gasteiger partial charge on any atom is -0.507 e. The summed E-state index contributed by atoms with van der Waals surface area (Å²) in [6, 6.07) is 13.6. The number of fused-ring (bicyclic) bond motifs is 3. The molecule has 400 valence electrons. The number of phenols is 1. The maximum absolute atomic E-state index is 14.7. The monoisotopic (exact) mass is 1050 g/mol. The molecule has 2 aromatic carbocycles. The Bertz CT molecular complexity index is 3120. The first kappa shape index (κ1) is 51.5. The highest BCUT2D eigenvalue weighted by molar-refractivity contribution is 7.13. The molecular weight excluding hydrogens is 986 g/mol. The standard InChI is InChI=1S/C57H68FN11O6S/c1-32-49(76-31-62-32)35-10-11-36(27-59-52(72)45-25-39(70)30-69(45)53(73)50(56(3,4)5)64-54(74)57(58)19-20-57)47(24-35)75-40-14-12-38(13-15-40)67-21-16-34(17-22-67)37-28-60-55(61-29-37)68-23-18-43-48(33(68)2)42-26-44(65-66-51(42)63-43)41-8-6-7-9-46(41)71/h6-11,24,26,28-29,31,33-34,38-40,45,50,70-71H,12-23,25,27,30H2,1-5H3,(H,59,72)(H,63,66)(H,64,74)/t33-,38?,39?,40?,45?,50-/m1/s1. The summed E-state index contributed by atoms with van der Waals surface area (Å²) < 4.78 is 21.6. The number of piperidine rings is 1. The molecule has 2 aliphatic carbocycles. The zero-order chi connectivity index (χ0) is 53.0. The molecule has 4 fully saturated rings. The molecule has 0 bridgehead atoms. The van der Waals surface area contributed by atoms with Crippen molar-refractivity contribution in [1.82, 2.24) is 50.6 Å². The van der Waals surface area contributed by atoms with Crippen LogP contribution in [0.4, 0.5) is 10.3 Å². The number of aliphatic hydroxyl groups excluding tert-OH is 1. The number of aryl methyl sites for hydroxylation is 1. The molecule has 3 aliphatic heterocycles. The van der Waals surface area contributed by atoms with Crippen LogP contribution in [0.3, 0.4) is 0 Å². The molecule has 3 amide bonds. The Morgan fingerprint density at radius 3 is 2.42 bits per heavy atom. The predicted octanol–water partition coefficient (Wildman–Crippen LogP) is 7.86. The summed E-state index contributed by atoms with van der Waals surface area (Å²) >= 11 is 1.56. The number of benzene rings is 2. The summed E-state index contributed by atoms with van der Waals surface area (Å²) in [4.78, 5) is 66.0. The van der Waals surface area contributed by atoms with Gasteiger partial charge >= 0.3 is 0 Å². The number of aromatic hydroxyl groups is 1. The van der Waals surface area contributed by atoms with Gasteiger partial charge in [0.2, 0.25) is 17.8 Å². The fourth-order valence-corrected chi connectivity index (χ4v) is 12.8. The molecule has 76 heavy (non-hydrogen) atoms. The average molecular weight is 1050 g/mol. The van der Waals surface area contributed by atoms with Gasteiger partial charge in [0, 0.05) is 78.7 Å². The lowest BCUT2D eigenvalue weighted by atomic mass is 9.85. The van der Waals surface area contributed by atoms with Gasteiger partial charge in [0.05, 0.1) is 40.0 Å². The van der Waals surface area contributed by atoms with Crippen molar-refractivity contribution in [3.8, 4) is 33.2 Å². The fraction of sp³-hybridized carbons (Fsp3) is 0.509. The van der Waals surface area contributed by atoms with Crippen molar-refractivity contribution in [2.45, 2.75) is 153 Å². The fourth-order valence-electron chi connectivity index (χ4n) is 12.0. The third kappa shape index (κ3) is 10.4. The number of nitrogens with one attached hydrogen (secondary N) is 3. The molecular formula is C57H68FN11O6S. The number of amides is 3. The topological polar surface area (TPSA) is 215 Å². The molecule has 2 unspecified atom stereocenters. The van der Waals surface area contributed by atoms with Gasteiger partial charge in [-0.25, -0.2) is 19.3 Å². The minimum atomic E-state index is -1.97. The number of anilines is 1. The molecule has 17 nitrogen and oxygen atoms in total. The van der Waals surface area contributed by atoms with E-state index in [1.807, 2.05) is 61.2 Å². The molecule has 19 heteroatoms. The number of thiazole rings is 1. The predicted molar refractivity (Wildman–Crippen MR) is 287 cm³/mol. The van der Waals surface area contributed by atoms with Gasteiger partial charge in [0.1, 0.15) is 23.6 Å². The molecule has 0 spiro atoms. The number of carbonyl (C=O) groups is 3. The molecule has 5 N–H and O–H groups in total. The van der Waals surface area contributed by atoms with Gasteiger partial charge in [-0.1, -0.05) is 45.0 Å². The van der Waals surface area contributed by atoms with E-state index in [0.717, 1.165) is 109 Å². The quantitative estimate of drug-likeness (QED) is 0.0746. The zero-order valence-electron chi connectivity index (χ0n) is 43.9. The van der Waals surface area contributed by atoms with Gasteiger partial charge in [0.15, 0.2) is 11.3 Å². The first-order valence-electron chi connectivity index (χ1n) is 27.0. The number of alkyl halides is 1. The van der Waals surface area contributed by atoms with Crippen molar-refractivity contribution in [2.75, 3.05) is 31.1 Å². The Balaban J connectivity index is 0.697. The molecule has 11 rings (SSSR count). The maximum atomic E-state index is 14.7. The van der Waals surface area contributed by atoms with E-state index >= 15 is 0 Å². The molecule has 0 radical (unpaired) electrons. The second-order valence-corrected chi connectivity index (χ2v) is 23.6. The van der Waals surface area contributed by atoms with E-state index in [2.05, 4.69) is 47.5 Å². The number of phenolic OH excluding ortho intramolecular Hbond substituents is 1. The third-order valence-corrected chi connectivity index (χ3v) is 17.6. The summed E-state index contributed by atoms with van der Waals surface area (Å²) in [7, 11) is 0. The highest BCUT2D eigenvalue weighted by atomic mass is 32.1. The van der Waals surface area contributed by atoms with Crippen LogP contribution in [0, 0.1) is 12.3 Å². The summed E-state index contributed by atoms with van der Waals surface area (Å²) in [5, 5.41) is 36.8. The van der Waals surface area contributed by atoms with Gasteiger partial charge in [-0.05, 0) is 125 Å². The summed E-state index contributed by atoms with van der Waals surface area (Å²) in [5.41, 5.74) is 7.26. The van der Waals surface area contributed by atoms with Crippen LogP contribution in [0.5, 0.6) is 11.5 Å². The van der Waals surface area contributed by atoms with E-state index < -0.39 is 47.0 Å². The molecule has 4 atom stereocenters. The van der Waals surface area contributed by atoms with Crippen LogP contribution < -0.4 is 20.3 Å². The Morgan fingerprint density at radius 2 is 1.72 bits per heavy atom. The van der Waals surface area contributed by atoms with Gasteiger partial charge in [-0.2, -0.15) is 0 Å². The lowest BCUT2D eigenvalue weighted by molar-refractivity contribution is -0.145. The summed E-state index contributed by atoms with van der Waals surface area (Å²) in [6.07, 6.45) is 10.1. The van der Waals surface area contributed by atoms with Crippen molar-refractivity contribution in [1.29, 1.82) is 0 Å². The van der Waals surface area contributed by atoms with E-state index in [1.165, 1.54) is 10.5 Å². The maximum Gasteiger partial charge on any atom is 0.258 e. The first-order chi connectivity index (χ1) is 36.5. The second kappa shape index (κ2) is 20.8. The van der Waals surface area contributed by atoms with Gasteiger partial charge in [0.25, 0.3) is 5.91 Å².